The maximum absolute atomic E-state index is 9.35. The second-order valence-electron chi connectivity index (χ2n) is 3.89. The molecule has 1 aromatic carbocycles. The summed E-state index contributed by atoms with van der Waals surface area (Å²) >= 11 is 3.45. The lowest BCUT2D eigenvalue weighted by atomic mass is 9.99. The van der Waals surface area contributed by atoms with E-state index in [1.54, 1.807) is 18.0 Å². The van der Waals surface area contributed by atoms with E-state index < -0.39 is 0 Å². The first-order chi connectivity index (χ1) is 8.60. The number of hydrogen-bond acceptors (Lipinski definition) is 3. The van der Waals surface area contributed by atoms with Gasteiger partial charge >= 0.3 is 0 Å². The van der Waals surface area contributed by atoms with Crippen LogP contribution < -0.4 is 4.74 Å². The molecule has 2 aromatic rings. The molecule has 0 atom stereocenters. The van der Waals surface area contributed by atoms with Gasteiger partial charge in [0.15, 0.2) is 0 Å². The Kier molecular flexibility index (Phi) is 3.39. The third kappa shape index (κ3) is 1.89. The molecule has 0 aliphatic rings. The topological polar surface area (TPSA) is 50.8 Å². The van der Waals surface area contributed by atoms with Crippen molar-refractivity contribution in [3.8, 4) is 23.1 Å². The van der Waals surface area contributed by atoms with Crippen LogP contribution in [0.5, 0.6) is 5.75 Å². The van der Waals surface area contributed by atoms with Gasteiger partial charge in [0, 0.05) is 18.2 Å². The highest BCUT2D eigenvalue weighted by Gasteiger charge is 2.16. The number of aryl methyl sites for hydroxylation is 1. The van der Waals surface area contributed by atoms with Gasteiger partial charge in [-0.2, -0.15) is 10.4 Å². The molecule has 0 aliphatic carbocycles. The fourth-order valence-electron chi connectivity index (χ4n) is 1.97. The fraction of sp³-hybridized carbons (Fsp3) is 0.231. The van der Waals surface area contributed by atoms with Crippen LogP contribution in [0.15, 0.2) is 22.8 Å². The van der Waals surface area contributed by atoms with E-state index in [0.29, 0.717) is 11.3 Å². The van der Waals surface area contributed by atoms with Crippen LogP contribution in [0.2, 0.25) is 0 Å². The first-order valence-electron chi connectivity index (χ1n) is 5.35. The highest BCUT2D eigenvalue weighted by atomic mass is 79.9. The average molecular weight is 306 g/mol. The van der Waals surface area contributed by atoms with Crippen molar-refractivity contribution >= 4 is 15.9 Å². The highest BCUT2D eigenvalue weighted by molar-refractivity contribution is 9.10. The Hall–Kier alpha value is -1.80. The molecule has 0 unspecified atom stereocenters. The molecular formula is C13H12BrN3O. The van der Waals surface area contributed by atoms with E-state index >= 15 is 0 Å². The minimum Gasteiger partial charge on any atom is -0.496 e. The molecule has 0 spiro atoms. The van der Waals surface area contributed by atoms with Gasteiger partial charge in [0.25, 0.3) is 0 Å². The van der Waals surface area contributed by atoms with Crippen molar-refractivity contribution in [1.82, 2.24) is 9.78 Å². The third-order valence-electron chi connectivity index (χ3n) is 2.90. The molecule has 2 rings (SSSR count). The van der Waals surface area contributed by atoms with E-state index in [4.69, 9.17) is 4.74 Å². The van der Waals surface area contributed by atoms with Crippen molar-refractivity contribution in [2.45, 2.75) is 6.92 Å². The molecule has 0 fully saturated rings. The quantitative estimate of drug-likeness (QED) is 0.857. The summed E-state index contributed by atoms with van der Waals surface area (Å²) in [5, 5.41) is 13.5. The number of halogens is 1. The first-order valence-corrected chi connectivity index (χ1v) is 6.15. The van der Waals surface area contributed by atoms with Crippen LogP contribution in [0.25, 0.3) is 11.3 Å². The lowest BCUT2D eigenvalue weighted by Gasteiger charge is -2.11. The van der Waals surface area contributed by atoms with E-state index in [1.165, 1.54) is 0 Å². The van der Waals surface area contributed by atoms with Crippen LogP contribution in [-0.4, -0.2) is 16.9 Å². The summed E-state index contributed by atoms with van der Waals surface area (Å²) in [6, 6.07) is 5.99. The SMILES string of the molecule is COc1ccc(-c2c(Br)cnn2C)c(C#N)c1C. The summed E-state index contributed by atoms with van der Waals surface area (Å²) in [4.78, 5) is 0. The van der Waals surface area contributed by atoms with E-state index in [0.717, 1.165) is 21.3 Å². The third-order valence-corrected chi connectivity index (χ3v) is 3.48. The molecule has 1 heterocycles. The van der Waals surface area contributed by atoms with Crippen molar-refractivity contribution < 1.29 is 4.74 Å². The lowest BCUT2D eigenvalue weighted by Crippen LogP contribution is -1.99. The van der Waals surface area contributed by atoms with Crippen LogP contribution in [0.1, 0.15) is 11.1 Å². The maximum atomic E-state index is 9.35. The molecule has 4 nitrogen and oxygen atoms in total. The first kappa shape index (κ1) is 12.7. The monoisotopic (exact) mass is 305 g/mol. The van der Waals surface area contributed by atoms with Gasteiger partial charge < -0.3 is 4.74 Å². The Balaban J connectivity index is 2.74. The number of nitriles is 1. The maximum Gasteiger partial charge on any atom is 0.123 e. The summed E-state index contributed by atoms with van der Waals surface area (Å²) in [5.74, 6) is 0.716. The summed E-state index contributed by atoms with van der Waals surface area (Å²) in [6.45, 7) is 1.88. The van der Waals surface area contributed by atoms with E-state index in [-0.39, 0.29) is 0 Å². The molecule has 0 N–H and O–H groups in total. The zero-order valence-electron chi connectivity index (χ0n) is 10.4. The average Bonchev–Trinajstić information content (AvgIpc) is 2.69. The Morgan fingerprint density at radius 3 is 2.67 bits per heavy atom. The molecule has 0 amide bonds. The van der Waals surface area contributed by atoms with Gasteiger partial charge in [-0.25, -0.2) is 0 Å². The van der Waals surface area contributed by atoms with E-state index in [9.17, 15) is 5.26 Å². The summed E-state index contributed by atoms with van der Waals surface area (Å²) in [6.07, 6.45) is 1.72. The molecule has 5 heteroatoms. The number of benzene rings is 1. The van der Waals surface area contributed by atoms with Crippen molar-refractivity contribution in [2.75, 3.05) is 7.11 Å². The molecule has 1 aromatic heterocycles. The number of aromatic nitrogens is 2. The smallest absolute Gasteiger partial charge is 0.123 e. The van der Waals surface area contributed by atoms with Crippen molar-refractivity contribution in [2.24, 2.45) is 7.05 Å². The Morgan fingerprint density at radius 2 is 2.17 bits per heavy atom. The molecule has 0 saturated heterocycles. The molecule has 92 valence electrons. The van der Waals surface area contributed by atoms with Gasteiger partial charge in [0.05, 0.1) is 29.0 Å². The normalized spacial score (nSPS) is 10.2. The fourth-order valence-corrected chi connectivity index (χ4v) is 2.53. The largest absolute Gasteiger partial charge is 0.496 e. The molecule has 0 radical (unpaired) electrons. The molecule has 0 bridgehead atoms. The number of hydrogen-bond donors (Lipinski definition) is 0. The number of nitrogens with zero attached hydrogens (tertiary/aromatic N) is 3. The van der Waals surface area contributed by atoms with Gasteiger partial charge in [0.2, 0.25) is 0 Å². The van der Waals surface area contributed by atoms with Crippen molar-refractivity contribution in [3.05, 3.63) is 33.9 Å². The molecule has 0 saturated carbocycles. The summed E-state index contributed by atoms with van der Waals surface area (Å²) in [7, 11) is 3.45. The number of rotatable bonds is 2. The van der Waals surface area contributed by atoms with Crippen LogP contribution in [0.4, 0.5) is 0 Å². The number of ether oxygens (including phenoxy) is 1. The van der Waals surface area contributed by atoms with Crippen molar-refractivity contribution in [1.29, 1.82) is 5.26 Å². The van der Waals surface area contributed by atoms with Gasteiger partial charge in [-0.05, 0) is 35.0 Å². The predicted octanol–water partition coefficient (Wildman–Crippen LogP) is 3.04. The van der Waals surface area contributed by atoms with E-state index in [1.807, 2.05) is 26.1 Å². The summed E-state index contributed by atoms with van der Waals surface area (Å²) in [5.41, 5.74) is 3.18. The predicted molar refractivity (Wildman–Crippen MR) is 72.3 cm³/mol. The zero-order valence-corrected chi connectivity index (χ0v) is 11.9. The Labute approximate surface area is 114 Å². The Bertz CT molecular complexity index is 621. The standard InChI is InChI=1S/C13H12BrN3O/c1-8-10(6-15)9(4-5-12(8)18-3)13-11(14)7-16-17(13)2/h4-5,7H,1-3H3. The van der Waals surface area contributed by atoms with Crippen molar-refractivity contribution in [3.63, 3.8) is 0 Å². The minimum atomic E-state index is 0.610. The lowest BCUT2D eigenvalue weighted by molar-refractivity contribution is 0.411. The van der Waals surface area contributed by atoms with Gasteiger partial charge in [-0.15, -0.1) is 0 Å². The van der Waals surface area contributed by atoms with Crippen LogP contribution in [0, 0.1) is 18.3 Å². The van der Waals surface area contributed by atoms with Gasteiger partial charge in [-0.3, -0.25) is 4.68 Å². The van der Waals surface area contributed by atoms with Crippen LogP contribution >= 0.6 is 15.9 Å². The highest BCUT2D eigenvalue weighted by Crippen LogP contribution is 2.34. The van der Waals surface area contributed by atoms with E-state index in [2.05, 4.69) is 27.1 Å². The van der Waals surface area contributed by atoms with Gasteiger partial charge in [-0.1, -0.05) is 0 Å². The van der Waals surface area contributed by atoms with Gasteiger partial charge in [0.1, 0.15) is 11.8 Å². The van der Waals surface area contributed by atoms with Crippen LogP contribution in [0.3, 0.4) is 0 Å². The number of methoxy groups -OCH3 is 1. The second-order valence-corrected chi connectivity index (χ2v) is 4.75. The minimum absolute atomic E-state index is 0.610. The zero-order chi connectivity index (χ0) is 13.3. The molecular weight excluding hydrogens is 294 g/mol. The van der Waals surface area contributed by atoms with Crippen LogP contribution in [-0.2, 0) is 7.05 Å². The summed E-state index contributed by atoms with van der Waals surface area (Å²) < 4.78 is 7.84. The second kappa shape index (κ2) is 4.83. The molecule has 0 aliphatic heterocycles. The molecule has 18 heavy (non-hydrogen) atoms. The Morgan fingerprint density at radius 1 is 1.44 bits per heavy atom.